The number of anilines is 1. The molecule has 1 aromatic rings. The molecule has 0 spiro atoms. The molecular formula is C12H17NO3S2. The van der Waals surface area contributed by atoms with Crippen molar-refractivity contribution in [2.45, 2.75) is 20.3 Å². The first-order valence-electron chi connectivity index (χ1n) is 5.65. The van der Waals surface area contributed by atoms with E-state index in [1.807, 2.05) is 20.1 Å². The van der Waals surface area contributed by atoms with E-state index in [-0.39, 0.29) is 17.4 Å². The fourth-order valence-corrected chi connectivity index (χ4v) is 3.07. The number of hydrogen-bond acceptors (Lipinski definition) is 4. The maximum Gasteiger partial charge on any atom is 0.338 e. The highest BCUT2D eigenvalue weighted by Gasteiger charge is 2.19. The van der Waals surface area contributed by atoms with Crippen LogP contribution < -0.4 is 5.32 Å². The van der Waals surface area contributed by atoms with Crippen molar-refractivity contribution in [3.05, 3.63) is 16.5 Å². The van der Waals surface area contributed by atoms with E-state index in [1.165, 1.54) is 11.3 Å². The summed E-state index contributed by atoms with van der Waals surface area (Å²) in [6.07, 6.45) is 2.70. The van der Waals surface area contributed by atoms with Crippen molar-refractivity contribution in [3.8, 4) is 0 Å². The van der Waals surface area contributed by atoms with Gasteiger partial charge in [0.15, 0.2) is 0 Å². The topological polar surface area (TPSA) is 66.4 Å². The smallest absolute Gasteiger partial charge is 0.338 e. The van der Waals surface area contributed by atoms with Crippen molar-refractivity contribution in [1.29, 1.82) is 0 Å². The summed E-state index contributed by atoms with van der Waals surface area (Å²) in [5, 5.41) is 12.2. The van der Waals surface area contributed by atoms with E-state index >= 15 is 0 Å². The van der Waals surface area contributed by atoms with E-state index in [0.717, 1.165) is 17.1 Å². The quantitative estimate of drug-likeness (QED) is 0.844. The number of aryl methyl sites for hydroxylation is 1. The van der Waals surface area contributed by atoms with Crippen LogP contribution in [-0.4, -0.2) is 29.0 Å². The van der Waals surface area contributed by atoms with E-state index < -0.39 is 5.97 Å². The number of rotatable bonds is 6. The number of aromatic carboxylic acids is 1. The molecule has 2 N–H and O–H groups in total. The van der Waals surface area contributed by atoms with Gasteiger partial charge in [0.2, 0.25) is 5.91 Å². The zero-order chi connectivity index (χ0) is 13.7. The molecule has 18 heavy (non-hydrogen) atoms. The molecule has 0 saturated heterocycles. The number of hydrogen-bond donors (Lipinski definition) is 2. The summed E-state index contributed by atoms with van der Waals surface area (Å²) in [6, 6.07) is 1.63. The summed E-state index contributed by atoms with van der Waals surface area (Å²) in [7, 11) is 0. The SMILES string of the molecule is CCc1cc(C(=O)O)c(NC(=O)C(C)CSC)s1. The van der Waals surface area contributed by atoms with Gasteiger partial charge in [-0.2, -0.15) is 11.8 Å². The minimum atomic E-state index is -1.00. The lowest BCUT2D eigenvalue weighted by Crippen LogP contribution is -2.22. The molecule has 1 unspecified atom stereocenters. The average molecular weight is 287 g/mol. The molecule has 1 amide bonds. The Morgan fingerprint density at radius 1 is 1.56 bits per heavy atom. The molecule has 0 radical (unpaired) electrons. The first kappa shape index (κ1) is 15.0. The Bertz CT molecular complexity index is 443. The predicted octanol–water partition coefficient (Wildman–Crippen LogP) is 2.95. The van der Waals surface area contributed by atoms with Gasteiger partial charge in [-0.3, -0.25) is 4.79 Å². The Hall–Kier alpha value is -1.01. The summed E-state index contributed by atoms with van der Waals surface area (Å²) >= 11 is 2.93. The van der Waals surface area contributed by atoms with Gasteiger partial charge >= 0.3 is 5.97 Å². The van der Waals surface area contributed by atoms with E-state index in [1.54, 1.807) is 17.8 Å². The fraction of sp³-hybridized carbons (Fsp3) is 0.500. The summed E-state index contributed by atoms with van der Waals surface area (Å²) in [5.74, 6) is -0.538. The van der Waals surface area contributed by atoms with Crippen molar-refractivity contribution < 1.29 is 14.7 Å². The summed E-state index contributed by atoms with van der Waals surface area (Å²) < 4.78 is 0. The highest BCUT2D eigenvalue weighted by atomic mass is 32.2. The Kier molecular flexibility index (Phi) is 5.68. The van der Waals surface area contributed by atoms with Crippen molar-refractivity contribution in [2.24, 2.45) is 5.92 Å². The maximum absolute atomic E-state index is 11.9. The highest BCUT2D eigenvalue weighted by Crippen LogP contribution is 2.29. The molecule has 4 nitrogen and oxygen atoms in total. The van der Waals surface area contributed by atoms with Crippen LogP contribution in [0.3, 0.4) is 0 Å². The Balaban J connectivity index is 2.86. The van der Waals surface area contributed by atoms with Gasteiger partial charge in [0.25, 0.3) is 0 Å². The van der Waals surface area contributed by atoms with Gasteiger partial charge in [-0.15, -0.1) is 11.3 Å². The number of carboxylic acid groups (broad SMARTS) is 1. The molecule has 0 bridgehead atoms. The number of carbonyl (C=O) groups is 2. The molecule has 0 aliphatic heterocycles. The Labute approximate surface area is 115 Å². The second kappa shape index (κ2) is 6.80. The lowest BCUT2D eigenvalue weighted by atomic mass is 10.2. The Morgan fingerprint density at radius 2 is 2.22 bits per heavy atom. The minimum Gasteiger partial charge on any atom is -0.478 e. The summed E-state index contributed by atoms with van der Waals surface area (Å²) in [5.41, 5.74) is 0.182. The summed E-state index contributed by atoms with van der Waals surface area (Å²) in [4.78, 5) is 23.9. The molecule has 6 heteroatoms. The normalized spacial score (nSPS) is 12.2. The van der Waals surface area contributed by atoms with Gasteiger partial charge in [0.1, 0.15) is 5.00 Å². The van der Waals surface area contributed by atoms with Gasteiger partial charge < -0.3 is 10.4 Å². The van der Waals surface area contributed by atoms with Crippen LogP contribution in [0.25, 0.3) is 0 Å². The fourth-order valence-electron chi connectivity index (χ4n) is 1.43. The second-order valence-electron chi connectivity index (χ2n) is 3.96. The van der Waals surface area contributed by atoms with Crippen LogP contribution >= 0.6 is 23.1 Å². The molecule has 1 heterocycles. The molecule has 0 aliphatic rings. The third-order valence-electron chi connectivity index (χ3n) is 2.46. The minimum absolute atomic E-state index is 0.128. The number of carboxylic acids is 1. The number of amides is 1. The zero-order valence-electron chi connectivity index (χ0n) is 10.6. The number of carbonyl (C=O) groups excluding carboxylic acids is 1. The molecule has 0 aliphatic carbocycles. The van der Waals surface area contributed by atoms with Crippen molar-refractivity contribution in [3.63, 3.8) is 0 Å². The first-order valence-corrected chi connectivity index (χ1v) is 7.86. The maximum atomic E-state index is 11.9. The van der Waals surface area contributed by atoms with Crippen LogP contribution in [0.2, 0.25) is 0 Å². The van der Waals surface area contributed by atoms with Crippen molar-refractivity contribution >= 4 is 40.0 Å². The van der Waals surface area contributed by atoms with E-state index in [4.69, 9.17) is 5.11 Å². The Morgan fingerprint density at radius 3 is 2.72 bits per heavy atom. The van der Waals surface area contributed by atoms with Crippen LogP contribution in [0.5, 0.6) is 0 Å². The van der Waals surface area contributed by atoms with Gasteiger partial charge in [-0.25, -0.2) is 4.79 Å². The number of thioether (sulfide) groups is 1. The van der Waals surface area contributed by atoms with E-state index in [2.05, 4.69) is 5.32 Å². The molecule has 1 atom stereocenters. The first-order chi connectivity index (χ1) is 8.49. The van der Waals surface area contributed by atoms with Gasteiger partial charge in [0.05, 0.1) is 5.56 Å². The standard InChI is InChI=1S/C12H17NO3S2/c1-4-8-5-9(12(15)16)11(18-8)13-10(14)7(2)6-17-3/h5,7H,4,6H2,1-3H3,(H,13,14)(H,15,16). The third kappa shape index (κ3) is 3.74. The highest BCUT2D eigenvalue weighted by molar-refractivity contribution is 7.98. The predicted molar refractivity (Wildman–Crippen MR) is 76.8 cm³/mol. The van der Waals surface area contributed by atoms with Gasteiger partial charge in [-0.1, -0.05) is 13.8 Å². The molecule has 0 aromatic carbocycles. The second-order valence-corrected chi connectivity index (χ2v) is 6.01. The van der Waals surface area contributed by atoms with Gasteiger partial charge in [-0.05, 0) is 18.7 Å². The number of thiophene rings is 1. The summed E-state index contributed by atoms with van der Waals surface area (Å²) in [6.45, 7) is 3.79. The zero-order valence-corrected chi connectivity index (χ0v) is 12.3. The van der Waals surface area contributed by atoms with Crippen LogP contribution in [0.1, 0.15) is 29.1 Å². The monoisotopic (exact) mass is 287 g/mol. The molecule has 1 rings (SSSR count). The van der Waals surface area contributed by atoms with E-state index in [9.17, 15) is 9.59 Å². The molecular weight excluding hydrogens is 270 g/mol. The molecule has 1 aromatic heterocycles. The molecule has 0 saturated carbocycles. The van der Waals surface area contributed by atoms with Crippen LogP contribution in [0, 0.1) is 5.92 Å². The molecule has 0 fully saturated rings. The third-order valence-corrected chi connectivity index (χ3v) is 4.49. The van der Waals surface area contributed by atoms with Crippen LogP contribution in [0.4, 0.5) is 5.00 Å². The molecule has 100 valence electrons. The van der Waals surface area contributed by atoms with Crippen molar-refractivity contribution in [2.75, 3.05) is 17.3 Å². The number of nitrogens with one attached hydrogen (secondary N) is 1. The largest absolute Gasteiger partial charge is 0.478 e. The van der Waals surface area contributed by atoms with Crippen molar-refractivity contribution in [1.82, 2.24) is 0 Å². The average Bonchev–Trinajstić information content (AvgIpc) is 2.72. The van der Waals surface area contributed by atoms with Crippen LogP contribution in [-0.2, 0) is 11.2 Å². The lowest BCUT2D eigenvalue weighted by molar-refractivity contribution is -0.118. The van der Waals surface area contributed by atoms with E-state index in [0.29, 0.717) is 5.00 Å². The van der Waals surface area contributed by atoms with Gasteiger partial charge in [0, 0.05) is 16.5 Å². The lowest BCUT2D eigenvalue weighted by Gasteiger charge is -2.09. The van der Waals surface area contributed by atoms with Crippen LogP contribution in [0.15, 0.2) is 6.07 Å².